The van der Waals surface area contributed by atoms with Gasteiger partial charge in [0, 0.05) is 21.4 Å². The third-order valence-electron chi connectivity index (χ3n) is 2.50. The average Bonchev–Trinajstić information content (AvgIpc) is 2.44. The smallest absolute Gasteiger partial charge is 0.326 e. The van der Waals surface area contributed by atoms with Crippen LogP contribution in [-0.4, -0.2) is 40.8 Å². The lowest BCUT2D eigenvalue weighted by atomic mass is 10.2. The maximum absolute atomic E-state index is 10.8. The van der Waals surface area contributed by atoms with Crippen molar-refractivity contribution in [2.45, 2.75) is 17.4 Å². The number of thioether (sulfide) groups is 2. The number of rotatable bonds is 10. The molecule has 1 aromatic rings. The summed E-state index contributed by atoms with van der Waals surface area (Å²) in [5.74, 6) is 1.37. The number of carbonyl (C=O) groups is 2. The second kappa shape index (κ2) is 10.2. The Labute approximate surface area is 142 Å². The van der Waals surface area contributed by atoms with Gasteiger partial charge in [-0.05, 0) is 30.4 Å². The molecule has 0 aliphatic heterocycles. The fourth-order valence-electron chi connectivity index (χ4n) is 1.46. The normalized spacial score (nSPS) is 11.9. The second-order valence-corrected chi connectivity index (χ2v) is 7.20. The monoisotopic (exact) mass is 367 g/mol. The van der Waals surface area contributed by atoms with Crippen molar-refractivity contribution >= 4 is 59.1 Å². The van der Waals surface area contributed by atoms with Crippen LogP contribution in [0.15, 0.2) is 23.1 Å². The van der Waals surface area contributed by atoms with Crippen LogP contribution in [-0.2, 0) is 9.59 Å². The van der Waals surface area contributed by atoms with E-state index in [0.717, 1.165) is 16.4 Å². The molecule has 0 radical (unpaired) electrons. The Morgan fingerprint density at radius 2 is 2.10 bits per heavy atom. The quantitative estimate of drug-likeness (QED) is 0.376. The highest BCUT2D eigenvalue weighted by Crippen LogP contribution is 2.30. The van der Waals surface area contributed by atoms with Crippen LogP contribution >= 0.6 is 46.7 Å². The Hall–Kier alpha value is -0.560. The Kier molecular flexibility index (Phi) is 8.99. The fraction of sp³-hybridized carbons (Fsp3) is 0.385. The predicted octanol–water partition coefficient (Wildman–Crippen LogP) is 3.41. The highest BCUT2D eigenvalue weighted by Gasteiger charge is 2.15. The van der Waals surface area contributed by atoms with E-state index in [0.29, 0.717) is 28.6 Å². The number of carboxylic acids is 1. The lowest BCUT2D eigenvalue weighted by Gasteiger charge is -2.10. The highest BCUT2D eigenvalue weighted by atomic mass is 35.5. The standard InChI is InChI=1S/C13H15Cl2NO3S2/c14-9-1-2-10(15)12(7-9)21-6-5-20-4-3-11(13(18)19)16-8-17/h1-2,7-8,11H,3-6H2,(H,16,17)(H,18,19). The minimum Gasteiger partial charge on any atom is -0.480 e. The molecule has 0 bridgehead atoms. The molecule has 4 nitrogen and oxygen atoms in total. The zero-order valence-corrected chi connectivity index (χ0v) is 14.2. The lowest BCUT2D eigenvalue weighted by molar-refractivity contribution is -0.140. The van der Waals surface area contributed by atoms with Gasteiger partial charge in [-0.2, -0.15) is 11.8 Å². The molecule has 0 aromatic heterocycles. The zero-order valence-electron chi connectivity index (χ0n) is 11.1. The van der Waals surface area contributed by atoms with E-state index in [9.17, 15) is 9.59 Å². The van der Waals surface area contributed by atoms with E-state index in [-0.39, 0.29) is 0 Å². The lowest BCUT2D eigenvalue weighted by Crippen LogP contribution is -2.36. The molecule has 0 aliphatic rings. The van der Waals surface area contributed by atoms with E-state index >= 15 is 0 Å². The number of halogens is 2. The Morgan fingerprint density at radius 1 is 1.33 bits per heavy atom. The molecule has 8 heteroatoms. The van der Waals surface area contributed by atoms with Crippen molar-refractivity contribution in [2.24, 2.45) is 0 Å². The van der Waals surface area contributed by atoms with Gasteiger partial charge in [0.15, 0.2) is 0 Å². The van der Waals surface area contributed by atoms with Crippen LogP contribution in [0.2, 0.25) is 10.0 Å². The number of hydrogen-bond donors (Lipinski definition) is 2. The molecule has 0 fully saturated rings. The molecule has 0 spiro atoms. The van der Waals surface area contributed by atoms with Gasteiger partial charge in [-0.25, -0.2) is 4.79 Å². The molecule has 0 aliphatic carbocycles. The van der Waals surface area contributed by atoms with Crippen LogP contribution in [0.1, 0.15) is 6.42 Å². The first-order valence-electron chi connectivity index (χ1n) is 6.12. The van der Waals surface area contributed by atoms with Gasteiger partial charge < -0.3 is 10.4 Å². The van der Waals surface area contributed by atoms with E-state index in [1.807, 2.05) is 6.07 Å². The van der Waals surface area contributed by atoms with Gasteiger partial charge in [0.1, 0.15) is 6.04 Å². The van der Waals surface area contributed by atoms with Gasteiger partial charge >= 0.3 is 5.97 Å². The molecule has 116 valence electrons. The molecule has 2 N–H and O–H groups in total. The number of amides is 1. The number of carboxylic acid groups (broad SMARTS) is 1. The highest BCUT2D eigenvalue weighted by molar-refractivity contribution is 8.03. The molecule has 0 heterocycles. The third kappa shape index (κ3) is 7.31. The number of hydrogen-bond acceptors (Lipinski definition) is 4. The summed E-state index contributed by atoms with van der Waals surface area (Å²) >= 11 is 15.2. The van der Waals surface area contributed by atoms with E-state index < -0.39 is 12.0 Å². The summed E-state index contributed by atoms with van der Waals surface area (Å²) in [4.78, 5) is 22.0. The van der Waals surface area contributed by atoms with E-state index in [1.165, 1.54) is 0 Å². The summed E-state index contributed by atoms with van der Waals surface area (Å²) in [5.41, 5.74) is 0. The van der Waals surface area contributed by atoms with Crippen molar-refractivity contribution in [3.8, 4) is 0 Å². The van der Waals surface area contributed by atoms with Crippen LogP contribution in [0.5, 0.6) is 0 Å². The van der Waals surface area contributed by atoms with Crippen LogP contribution in [0.25, 0.3) is 0 Å². The largest absolute Gasteiger partial charge is 0.480 e. The molecule has 0 saturated heterocycles. The first-order chi connectivity index (χ1) is 10.0. The van der Waals surface area contributed by atoms with Gasteiger partial charge in [-0.3, -0.25) is 4.79 Å². The van der Waals surface area contributed by atoms with Crippen LogP contribution in [0.4, 0.5) is 0 Å². The first kappa shape index (κ1) is 18.5. The van der Waals surface area contributed by atoms with Crippen molar-refractivity contribution in [2.75, 3.05) is 17.3 Å². The van der Waals surface area contributed by atoms with E-state index in [1.54, 1.807) is 35.7 Å². The minimum atomic E-state index is -1.01. The number of aliphatic carboxylic acids is 1. The van der Waals surface area contributed by atoms with Crippen molar-refractivity contribution in [3.63, 3.8) is 0 Å². The number of nitrogens with one attached hydrogen (secondary N) is 1. The molecule has 0 saturated carbocycles. The average molecular weight is 368 g/mol. The SMILES string of the molecule is O=CNC(CCSCCSc1cc(Cl)ccc1Cl)C(=O)O. The number of benzene rings is 1. The fourth-order valence-corrected chi connectivity index (χ4v) is 4.03. The van der Waals surface area contributed by atoms with Crippen LogP contribution < -0.4 is 5.32 Å². The molecule has 1 unspecified atom stereocenters. The minimum absolute atomic E-state index is 0.404. The van der Waals surface area contributed by atoms with Crippen LogP contribution in [0.3, 0.4) is 0 Å². The van der Waals surface area contributed by atoms with Crippen LogP contribution in [0, 0.1) is 0 Å². The Morgan fingerprint density at radius 3 is 2.76 bits per heavy atom. The maximum atomic E-state index is 10.8. The Bertz CT molecular complexity index is 488. The molecule has 1 amide bonds. The van der Waals surface area contributed by atoms with Gasteiger partial charge in [0.05, 0.1) is 5.02 Å². The van der Waals surface area contributed by atoms with Crippen molar-refractivity contribution in [3.05, 3.63) is 28.2 Å². The molecular weight excluding hydrogens is 353 g/mol. The van der Waals surface area contributed by atoms with Crippen molar-refractivity contribution < 1.29 is 14.7 Å². The summed E-state index contributed by atoms with van der Waals surface area (Å²) in [6.07, 6.45) is 0.821. The zero-order chi connectivity index (χ0) is 15.7. The van der Waals surface area contributed by atoms with Gasteiger partial charge in [-0.15, -0.1) is 11.8 Å². The first-order valence-corrected chi connectivity index (χ1v) is 9.02. The second-order valence-electron chi connectivity index (χ2n) is 4.00. The van der Waals surface area contributed by atoms with E-state index in [2.05, 4.69) is 5.32 Å². The molecule has 21 heavy (non-hydrogen) atoms. The number of carbonyl (C=O) groups excluding carboxylic acids is 1. The molecule has 1 rings (SSSR count). The summed E-state index contributed by atoms with van der Waals surface area (Å²) in [6, 6.07) is 4.52. The van der Waals surface area contributed by atoms with E-state index in [4.69, 9.17) is 28.3 Å². The maximum Gasteiger partial charge on any atom is 0.326 e. The molecule has 1 atom stereocenters. The summed E-state index contributed by atoms with van der Waals surface area (Å²) in [5, 5.41) is 12.5. The summed E-state index contributed by atoms with van der Waals surface area (Å²) in [6.45, 7) is 0. The van der Waals surface area contributed by atoms with Crippen molar-refractivity contribution in [1.29, 1.82) is 0 Å². The van der Waals surface area contributed by atoms with Gasteiger partial charge in [0.25, 0.3) is 0 Å². The van der Waals surface area contributed by atoms with Crippen molar-refractivity contribution in [1.82, 2.24) is 5.32 Å². The third-order valence-corrected chi connectivity index (χ3v) is 5.51. The molecular formula is C13H15Cl2NO3S2. The summed E-state index contributed by atoms with van der Waals surface area (Å²) in [7, 11) is 0. The van der Waals surface area contributed by atoms with Gasteiger partial charge in [-0.1, -0.05) is 23.2 Å². The Balaban J connectivity index is 2.21. The predicted molar refractivity (Wildman–Crippen MR) is 89.8 cm³/mol. The summed E-state index contributed by atoms with van der Waals surface area (Å²) < 4.78 is 0. The van der Waals surface area contributed by atoms with Gasteiger partial charge in [0.2, 0.25) is 6.41 Å². The topological polar surface area (TPSA) is 66.4 Å². The molecule has 1 aromatic carbocycles.